The Hall–Kier alpha value is -7.87. The number of carbonyl (C=O) groups is 7. The van der Waals surface area contributed by atoms with Crippen LogP contribution in [0.1, 0.15) is 75.2 Å². The first-order valence-electron chi connectivity index (χ1n) is 29.3. The Kier molecular flexibility index (Phi) is 22.4. The third-order valence-electron chi connectivity index (χ3n) is 15.7. The number of ether oxygens (including phenoxy) is 2. The molecule has 16 N–H and O–H groups in total. The van der Waals surface area contributed by atoms with Crippen LogP contribution in [0, 0.1) is 5.92 Å². The lowest BCUT2D eigenvalue weighted by Gasteiger charge is -2.34. The molecule has 1 unspecified atom stereocenters. The monoisotopic (exact) mass is 1240 g/mol. The van der Waals surface area contributed by atoms with Gasteiger partial charge in [-0.05, 0) is 80.4 Å². The smallest absolute Gasteiger partial charge is 0.251 e. The highest BCUT2D eigenvalue weighted by atomic mass is 32.1. The number of amides is 7. The van der Waals surface area contributed by atoms with Gasteiger partial charge in [0.05, 0.1) is 55.1 Å². The van der Waals surface area contributed by atoms with E-state index in [0.29, 0.717) is 22.8 Å². The number of imidazole rings is 1. The summed E-state index contributed by atoms with van der Waals surface area (Å²) in [7, 11) is 0. The van der Waals surface area contributed by atoms with Gasteiger partial charge >= 0.3 is 0 Å². The third kappa shape index (κ3) is 15.9. The fourth-order valence-electron chi connectivity index (χ4n) is 10.8. The number of fused-ring (bicyclic) bond motifs is 3. The molecule has 5 heterocycles. The number of aliphatic hydroxyl groups is 6. The molecule has 5 aromatic rings. The highest BCUT2D eigenvalue weighted by Gasteiger charge is 2.50. The molecule has 0 radical (unpaired) electrons. The number of nitrogens with one attached hydrogen (secondary N) is 5. The van der Waals surface area contributed by atoms with Gasteiger partial charge in [0.1, 0.15) is 53.6 Å². The second-order valence-electron chi connectivity index (χ2n) is 22.4. The molecular formula is C59H78N12O16S. The van der Waals surface area contributed by atoms with Crippen LogP contribution in [0.2, 0.25) is 0 Å². The van der Waals surface area contributed by atoms with Crippen molar-refractivity contribution < 1.29 is 78.8 Å². The summed E-state index contributed by atoms with van der Waals surface area (Å²) in [5.41, 5.74) is 13.7. The molecule has 3 aliphatic rings. The quantitative estimate of drug-likeness (QED) is 0.0399. The first-order chi connectivity index (χ1) is 42.1. The fraction of sp³-hybridized carbons (Fsp3) is 0.508. The van der Waals surface area contributed by atoms with E-state index in [1.807, 2.05) is 24.3 Å². The summed E-state index contributed by atoms with van der Waals surface area (Å²) in [5.74, 6) is -7.89. The van der Waals surface area contributed by atoms with Gasteiger partial charge in [0, 0.05) is 68.0 Å². The molecule has 29 heteroatoms. The number of β-amino-alcohol motifs (C(OH)–C–C–N with tert-alkyl or cyclic N) is 1. The Balaban J connectivity index is 1.07. The Labute approximate surface area is 510 Å². The highest BCUT2D eigenvalue weighted by molar-refractivity contribution is 7.19. The lowest BCUT2D eigenvalue weighted by Crippen LogP contribution is -2.64. The zero-order valence-electron chi connectivity index (χ0n) is 48.9. The van der Waals surface area contributed by atoms with Crippen molar-refractivity contribution in [3.63, 3.8) is 0 Å². The zero-order chi connectivity index (χ0) is 63.5. The molecule has 3 saturated heterocycles. The van der Waals surface area contributed by atoms with Crippen LogP contribution >= 0.6 is 11.3 Å². The number of carbonyl (C=O) groups excluding carboxylic acids is 7. The SMILES string of the molecule is CCCCCOc1ccc(-c2nn3cc(-c4ccc(C(=O)NC5C[C@@H](O)CNC(=O)[C@@H]6[C@@H](O)[C@@H](C)CN6C(=O)[C@H]([C@H](O)CCN)NC(=O)[C@H]([C@H](O)Cc6ccc(O)c(OCCN)c6)NC(=O)[C@@H]6C[C@@H](O)CN6C(=O)[C@H]([C@@H](C)O)NC5=O)cc4)nc3s2)cc1. The second kappa shape index (κ2) is 29.9. The van der Waals surface area contributed by atoms with Gasteiger partial charge in [0.2, 0.25) is 40.4 Å². The summed E-state index contributed by atoms with van der Waals surface area (Å²) >= 11 is 1.37. The Morgan fingerprint density at radius 2 is 1.47 bits per heavy atom. The van der Waals surface area contributed by atoms with Crippen molar-refractivity contribution >= 4 is 57.6 Å². The molecule has 476 valence electrons. The van der Waals surface area contributed by atoms with E-state index in [1.165, 1.54) is 48.6 Å². The number of unbranched alkanes of at least 4 members (excludes halogenated alkanes) is 2. The van der Waals surface area contributed by atoms with Crippen molar-refractivity contribution in [3.05, 3.63) is 84.1 Å². The topological polar surface area (TPSA) is 428 Å². The van der Waals surface area contributed by atoms with Gasteiger partial charge in [-0.15, -0.1) is 0 Å². The van der Waals surface area contributed by atoms with Gasteiger partial charge in [-0.1, -0.05) is 56.2 Å². The van der Waals surface area contributed by atoms with Gasteiger partial charge in [-0.25, -0.2) is 9.50 Å². The normalized spacial score (nSPS) is 25.4. The van der Waals surface area contributed by atoms with Crippen LogP contribution < -0.4 is 47.5 Å². The maximum atomic E-state index is 14.7. The number of rotatable bonds is 19. The van der Waals surface area contributed by atoms with E-state index in [1.54, 1.807) is 22.8 Å². The largest absolute Gasteiger partial charge is 0.504 e. The van der Waals surface area contributed by atoms with E-state index in [4.69, 9.17) is 31.0 Å². The Morgan fingerprint density at radius 3 is 2.15 bits per heavy atom. The average Bonchev–Trinajstić information content (AvgIpc) is 3.88. The molecule has 3 aromatic carbocycles. The summed E-state index contributed by atoms with van der Waals surface area (Å²) in [6.07, 6.45) is -6.97. The van der Waals surface area contributed by atoms with Crippen LogP contribution in [0.4, 0.5) is 0 Å². The molecule has 3 fully saturated rings. The molecule has 0 bridgehead atoms. The van der Waals surface area contributed by atoms with E-state index in [2.05, 4.69) is 33.5 Å². The average molecular weight is 1240 g/mol. The van der Waals surface area contributed by atoms with Crippen LogP contribution in [-0.2, 0) is 35.2 Å². The number of aromatic nitrogens is 3. The molecule has 8 rings (SSSR count). The first-order valence-corrected chi connectivity index (χ1v) is 30.1. The van der Waals surface area contributed by atoms with Crippen LogP contribution in [0.3, 0.4) is 0 Å². The number of phenols is 1. The number of benzene rings is 3. The number of aromatic hydroxyl groups is 1. The van der Waals surface area contributed by atoms with E-state index in [9.17, 15) is 69.3 Å². The van der Waals surface area contributed by atoms with Gasteiger partial charge in [0.15, 0.2) is 11.5 Å². The van der Waals surface area contributed by atoms with Crippen molar-refractivity contribution in [2.24, 2.45) is 17.4 Å². The van der Waals surface area contributed by atoms with Crippen molar-refractivity contribution in [1.29, 1.82) is 0 Å². The van der Waals surface area contributed by atoms with E-state index >= 15 is 0 Å². The predicted octanol–water partition coefficient (Wildman–Crippen LogP) is -1.97. The molecule has 2 aromatic heterocycles. The summed E-state index contributed by atoms with van der Waals surface area (Å²) in [6, 6.07) is 6.86. The predicted molar refractivity (Wildman–Crippen MR) is 318 cm³/mol. The lowest BCUT2D eigenvalue weighted by atomic mass is 9.98. The molecule has 0 spiro atoms. The van der Waals surface area contributed by atoms with Gasteiger partial charge in [0.25, 0.3) is 5.91 Å². The van der Waals surface area contributed by atoms with Crippen molar-refractivity contribution in [3.8, 4) is 39.1 Å². The van der Waals surface area contributed by atoms with Crippen molar-refractivity contribution in [2.75, 3.05) is 45.9 Å². The number of hydrogen-bond acceptors (Lipinski definition) is 21. The standard InChI is InChI=1S/C59H78N12O16S/c1-4-5-6-20-86-38-14-12-35(13-15-38)56-68-71-29-40(64-59(71)88-56)33-8-10-34(11-9-33)51(79)63-39-24-36(73)26-62-55(83)49-50(78)30(2)27-70(49)58(85)48(43(76)17-18-60)67-54(82)47(44(77)22-32-7-16-42(75)45(23-32)87-21-19-61)66-53(81)41-25-37(74)28-69(41)57(84)46(31(3)72)65-52(39)80/h7-16,23,29-31,36-37,39,41,43-44,46-50,72-78H,4-6,17-22,24-28,60-61H2,1-3H3,(H,62,83)(H,63,79)(H,65,80)(H,66,81)(H,67,82)/t30-,31+,36+,37+,39?,41-,43+,44+,46-,47-,48-,49-,50-/m0/s1. The molecule has 3 aliphatic heterocycles. The first kappa shape index (κ1) is 66.1. The second-order valence-corrected chi connectivity index (χ2v) is 23.4. The highest BCUT2D eigenvalue weighted by Crippen LogP contribution is 2.32. The number of hydrogen-bond donors (Lipinski definition) is 14. The minimum Gasteiger partial charge on any atom is -0.504 e. The van der Waals surface area contributed by atoms with Crippen molar-refractivity contribution in [2.45, 2.75) is 139 Å². The lowest BCUT2D eigenvalue weighted by molar-refractivity contribution is -0.147. The summed E-state index contributed by atoms with van der Waals surface area (Å²) in [5, 5.41) is 96.7. The summed E-state index contributed by atoms with van der Waals surface area (Å²) < 4.78 is 13.0. The van der Waals surface area contributed by atoms with Gasteiger partial charge in [-0.3, -0.25) is 33.6 Å². The van der Waals surface area contributed by atoms with Crippen LogP contribution in [0.5, 0.6) is 17.2 Å². The van der Waals surface area contributed by atoms with E-state index < -0.39 is 152 Å². The molecule has 0 saturated carbocycles. The van der Waals surface area contributed by atoms with Gasteiger partial charge < -0.3 is 93.1 Å². The van der Waals surface area contributed by atoms with Crippen molar-refractivity contribution in [1.82, 2.24) is 51.0 Å². The molecule has 7 amide bonds. The maximum Gasteiger partial charge on any atom is 0.251 e. The van der Waals surface area contributed by atoms with E-state index in [-0.39, 0.29) is 55.3 Å². The summed E-state index contributed by atoms with van der Waals surface area (Å²) in [4.78, 5) is 108. The molecule has 28 nitrogen and oxygen atoms in total. The maximum absolute atomic E-state index is 14.7. The van der Waals surface area contributed by atoms with Crippen LogP contribution in [-0.4, -0.2) is 220 Å². The molecule has 0 aliphatic carbocycles. The Bertz CT molecular complexity index is 3230. The van der Waals surface area contributed by atoms with Gasteiger partial charge in [-0.2, -0.15) is 5.10 Å². The molecule has 13 atom stereocenters. The van der Waals surface area contributed by atoms with Crippen LogP contribution in [0.25, 0.3) is 26.8 Å². The summed E-state index contributed by atoms with van der Waals surface area (Å²) in [6.45, 7) is 3.83. The Morgan fingerprint density at radius 1 is 0.773 bits per heavy atom. The fourth-order valence-corrected chi connectivity index (χ4v) is 11.7. The third-order valence-corrected chi connectivity index (χ3v) is 16.6. The molecule has 88 heavy (non-hydrogen) atoms. The molecular weight excluding hydrogens is 1160 g/mol. The number of phenolic OH excluding ortho intramolecular Hbond substituents is 1. The number of aliphatic hydroxyl groups excluding tert-OH is 6. The number of nitrogens with zero attached hydrogens (tertiary/aromatic N) is 5. The number of nitrogens with two attached hydrogens (primary N) is 2. The van der Waals surface area contributed by atoms with Crippen LogP contribution in [0.15, 0.2) is 72.9 Å². The van der Waals surface area contributed by atoms with E-state index in [0.717, 1.165) is 52.3 Å². The minimum absolute atomic E-state index is 0.00536. The zero-order valence-corrected chi connectivity index (χ0v) is 49.8. The minimum atomic E-state index is -2.04.